The van der Waals surface area contributed by atoms with E-state index in [2.05, 4.69) is 0 Å². The van der Waals surface area contributed by atoms with Crippen LogP contribution in [0.4, 0.5) is 0 Å². The molecular formula is C16H23NO3S. The summed E-state index contributed by atoms with van der Waals surface area (Å²) in [5.41, 5.74) is 0.649. The van der Waals surface area contributed by atoms with Crippen molar-refractivity contribution in [2.75, 3.05) is 6.54 Å². The van der Waals surface area contributed by atoms with Gasteiger partial charge in [0, 0.05) is 12.6 Å². The van der Waals surface area contributed by atoms with Gasteiger partial charge in [0.1, 0.15) is 0 Å². The number of piperidine rings is 1. The molecule has 0 bridgehead atoms. The zero-order chi connectivity index (χ0) is 15.0. The third-order valence-corrected chi connectivity index (χ3v) is 6.81. The van der Waals surface area contributed by atoms with Crippen LogP contribution < -0.4 is 0 Å². The molecule has 116 valence electrons. The Balaban J connectivity index is 1.94. The first-order chi connectivity index (χ1) is 10.00. The highest BCUT2D eigenvalue weighted by atomic mass is 32.2. The van der Waals surface area contributed by atoms with Crippen molar-refractivity contribution in [3.63, 3.8) is 0 Å². The standard InChI is InChI=1S/C16H23NO3S/c1-12(18)14-6-2-8-15(11-14)21(19,20)17-10-4-7-13-5-3-9-16(13)17/h2,6,8,11-13,16,18H,3-5,7,9-10H2,1H3. The van der Waals surface area contributed by atoms with Gasteiger partial charge in [-0.2, -0.15) is 4.31 Å². The molecule has 0 amide bonds. The van der Waals surface area contributed by atoms with E-state index in [9.17, 15) is 13.5 Å². The van der Waals surface area contributed by atoms with Gasteiger partial charge in [-0.3, -0.25) is 0 Å². The van der Waals surface area contributed by atoms with Crippen molar-refractivity contribution in [2.24, 2.45) is 5.92 Å². The van der Waals surface area contributed by atoms with E-state index < -0.39 is 16.1 Å². The number of nitrogens with zero attached hydrogens (tertiary/aromatic N) is 1. The van der Waals surface area contributed by atoms with E-state index in [-0.39, 0.29) is 6.04 Å². The molecule has 1 heterocycles. The Labute approximate surface area is 126 Å². The van der Waals surface area contributed by atoms with Crippen molar-refractivity contribution in [1.29, 1.82) is 0 Å². The van der Waals surface area contributed by atoms with E-state index in [1.54, 1.807) is 35.5 Å². The normalized spacial score (nSPS) is 28.3. The quantitative estimate of drug-likeness (QED) is 0.934. The number of rotatable bonds is 3. The van der Waals surface area contributed by atoms with Crippen molar-refractivity contribution >= 4 is 10.0 Å². The van der Waals surface area contributed by atoms with Crippen LogP contribution in [-0.4, -0.2) is 30.4 Å². The second-order valence-corrected chi connectivity index (χ2v) is 8.16. The average molecular weight is 309 g/mol. The Bertz CT molecular complexity index is 612. The molecule has 0 spiro atoms. The molecule has 0 radical (unpaired) electrons. The summed E-state index contributed by atoms with van der Waals surface area (Å²) in [4.78, 5) is 0.313. The Morgan fingerprint density at radius 1 is 1.24 bits per heavy atom. The molecular weight excluding hydrogens is 286 g/mol. The van der Waals surface area contributed by atoms with E-state index >= 15 is 0 Å². The summed E-state index contributed by atoms with van der Waals surface area (Å²) in [6.07, 6.45) is 4.74. The van der Waals surface area contributed by atoms with Gasteiger partial charge in [-0.25, -0.2) is 8.42 Å². The minimum atomic E-state index is -3.45. The molecule has 3 rings (SSSR count). The summed E-state index contributed by atoms with van der Waals surface area (Å²) < 4.78 is 27.6. The molecule has 4 nitrogen and oxygen atoms in total. The molecule has 5 heteroatoms. The van der Waals surface area contributed by atoms with Crippen molar-refractivity contribution in [3.05, 3.63) is 29.8 Å². The molecule has 3 unspecified atom stereocenters. The largest absolute Gasteiger partial charge is 0.389 e. The zero-order valence-corrected chi connectivity index (χ0v) is 13.2. The fraction of sp³-hybridized carbons (Fsp3) is 0.625. The monoisotopic (exact) mass is 309 g/mol. The van der Waals surface area contributed by atoms with E-state index in [0.717, 1.165) is 32.1 Å². The number of aliphatic hydroxyl groups is 1. The maximum atomic E-state index is 12.9. The predicted molar refractivity (Wildman–Crippen MR) is 81.3 cm³/mol. The van der Waals surface area contributed by atoms with Crippen molar-refractivity contribution in [3.8, 4) is 0 Å². The van der Waals surface area contributed by atoms with Crippen LogP contribution in [0.2, 0.25) is 0 Å². The number of aliphatic hydroxyl groups excluding tert-OH is 1. The van der Waals surface area contributed by atoms with Crippen LogP contribution in [0.5, 0.6) is 0 Å². The van der Waals surface area contributed by atoms with Gasteiger partial charge in [-0.15, -0.1) is 0 Å². The lowest BCUT2D eigenvalue weighted by Gasteiger charge is -2.36. The average Bonchev–Trinajstić information content (AvgIpc) is 2.95. The number of sulfonamides is 1. The van der Waals surface area contributed by atoms with Gasteiger partial charge in [0.25, 0.3) is 0 Å². The predicted octanol–water partition coefficient (Wildman–Crippen LogP) is 2.69. The Hall–Kier alpha value is -0.910. The summed E-state index contributed by atoms with van der Waals surface area (Å²) in [5.74, 6) is 0.536. The molecule has 1 saturated heterocycles. The Morgan fingerprint density at radius 3 is 2.76 bits per heavy atom. The Kier molecular flexibility index (Phi) is 4.08. The SMILES string of the molecule is CC(O)c1cccc(S(=O)(=O)N2CCCC3CCCC32)c1. The molecule has 3 atom stereocenters. The highest BCUT2D eigenvalue weighted by molar-refractivity contribution is 7.89. The molecule has 21 heavy (non-hydrogen) atoms. The van der Waals surface area contributed by atoms with Crippen LogP contribution in [0.1, 0.15) is 50.7 Å². The maximum absolute atomic E-state index is 12.9. The lowest BCUT2D eigenvalue weighted by atomic mass is 9.94. The molecule has 1 N–H and O–H groups in total. The minimum absolute atomic E-state index is 0.180. The van der Waals surface area contributed by atoms with Crippen LogP contribution in [-0.2, 0) is 10.0 Å². The van der Waals surface area contributed by atoms with Crippen LogP contribution in [0.15, 0.2) is 29.2 Å². The fourth-order valence-corrected chi connectivity index (χ4v) is 5.59. The fourth-order valence-electron chi connectivity index (χ4n) is 3.78. The van der Waals surface area contributed by atoms with Gasteiger partial charge in [0.2, 0.25) is 10.0 Å². The Morgan fingerprint density at radius 2 is 2.00 bits per heavy atom. The first kappa shape index (κ1) is 15.0. The van der Waals surface area contributed by atoms with E-state index in [0.29, 0.717) is 22.9 Å². The number of hydrogen-bond acceptors (Lipinski definition) is 3. The van der Waals surface area contributed by atoms with Crippen molar-refractivity contribution < 1.29 is 13.5 Å². The second kappa shape index (κ2) is 5.71. The van der Waals surface area contributed by atoms with Gasteiger partial charge in [-0.05, 0) is 56.2 Å². The van der Waals surface area contributed by atoms with Crippen molar-refractivity contribution in [1.82, 2.24) is 4.31 Å². The first-order valence-corrected chi connectivity index (χ1v) is 9.24. The van der Waals surface area contributed by atoms with E-state index in [1.807, 2.05) is 0 Å². The lowest BCUT2D eigenvalue weighted by molar-refractivity contribution is 0.198. The summed E-state index contributed by atoms with van der Waals surface area (Å²) in [6, 6.07) is 6.90. The molecule has 1 aromatic carbocycles. The third kappa shape index (κ3) is 2.74. The zero-order valence-electron chi connectivity index (χ0n) is 12.4. The summed E-state index contributed by atoms with van der Waals surface area (Å²) in [6.45, 7) is 2.28. The van der Waals surface area contributed by atoms with Crippen LogP contribution >= 0.6 is 0 Å². The molecule has 0 aromatic heterocycles. The molecule has 1 aliphatic heterocycles. The van der Waals surface area contributed by atoms with Crippen LogP contribution in [0, 0.1) is 5.92 Å². The van der Waals surface area contributed by atoms with Gasteiger partial charge >= 0.3 is 0 Å². The highest BCUT2D eigenvalue weighted by Gasteiger charge is 2.41. The summed E-state index contributed by atoms with van der Waals surface area (Å²) in [7, 11) is -3.45. The smallest absolute Gasteiger partial charge is 0.243 e. The van der Waals surface area contributed by atoms with Crippen LogP contribution in [0.3, 0.4) is 0 Å². The van der Waals surface area contributed by atoms with Gasteiger partial charge in [0.15, 0.2) is 0 Å². The minimum Gasteiger partial charge on any atom is -0.389 e. The lowest BCUT2D eigenvalue weighted by Crippen LogP contribution is -2.46. The van der Waals surface area contributed by atoms with Crippen molar-refractivity contribution in [2.45, 2.75) is 56.1 Å². The number of benzene rings is 1. The second-order valence-electron chi connectivity index (χ2n) is 6.26. The summed E-state index contributed by atoms with van der Waals surface area (Å²) >= 11 is 0. The maximum Gasteiger partial charge on any atom is 0.243 e. The molecule has 1 saturated carbocycles. The van der Waals surface area contributed by atoms with Crippen LogP contribution in [0.25, 0.3) is 0 Å². The number of hydrogen-bond donors (Lipinski definition) is 1. The van der Waals surface area contributed by atoms with E-state index in [4.69, 9.17) is 0 Å². The molecule has 1 aliphatic carbocycles. The highest BCUT2D eigenvalue weighted by Crippen LogP contribution is 2.39. The van der Waals surface area contributed by atoms with Gasteiger partial charge < -0.3 is 5.11 Å². The number of fused-ring (bicyclic) bond motifs is 1. The van der Waals surface area contributed by atoms with Gasteiger partial charge in [-0.1, -0.05) is 18.6 Å². The molecule has 1 aromatic rings. The molecule has 2 aliphatic rings. The summed E-state index contributed by atoms with van der Waals surface area (Å²) in [5, 5.41) is 9.67. The first-order valence-electron chi connectivity index (χ1n) is 7.80. The third-order valence-electron chi connectivity index (χ3n) is 4.89. The van der Waals surface area contributed by atoms with Gasteiger partial charge in [0.05, 0.1) is 11.0 Å². The topological polar surface area (TPSA) is 57.6 Å². The van der Waals surface area contributed by atoms with E-state index in [1.165, 1.54) is 0 Å². The molecule has 2 fully saturated rings.